The van der Waals surface area contributed by atoms with E-state index in [9.17, 15) is 18.0 Å². The van der Waals surface area contributed by atoms with E-state index in [4.69, 9.17) is 12.2 Å². The number of pyridine rings is 1. The molecule has 2 aromatic heterocycles. The lowest BCUT2D eigenvalue weighted by Crippen LogP contribution is -2.21. The number of rotatable bonds is 2. The van der Waals surface area contributed by atoms with E-state index in [-0.39, 0.29) is 22.2 Å². The summed E-state index contributed by atoms with van der Waals surface area (Å²) in [6, 6.07) is 7.62. The molecule has 2 heterocycles. The molecule has 0 aliphatic carbocycles. The molecule has 0 unspecified atom stereocenters. The number of aromatic nitrogens is 3. The zero-order valence-corrected chi connectivity index (χ0v) is 15.1. The van der Waals surface area contributed by atoms with Gasteiger partial charge in [-0.15, -0.1) is 0 Å². The van der Waals surface area contributed by atoms with Crippen molar-refractivity contribution in [3.8, 4) is 11.3 Å². The van der Waals surface area contributed by atoms with Crippen molar-refractivity contribution in [3.05, 3.63) is 56.6 Å². The second-order valence-electron chi connectivity index (χ2n) is 6.34. The van der Waals surface area contributed by atoms with E-state index in [0.29, 0.717) is 5.56 Å². The quantitative estimate of drug-likeness (QED) is 0.636. The van der Waals surface area contributed by atoms with Gasteiger partial charge in [-0.05, 0) is 39.1 Å². The van der Waals surface area contributed by atoms with Crippen LogP contribution in [0.2, 0.25) is 0 Å². The minimum absolute atomic E-state index is 0.0409. The summed E-state index contributed by atoms with van der Waals surface area (Å²) in [5, 5.41) is -0.504. The van der Waals surface area contributed by atoms with E-state index in [1.54, 1.807) is 38.1 Å². The van der Waals surface area contributed by atoms with Crippen LogP contribution in [0.3, 0.4) is 0 Å². The fourth-order valence-corrected chi connectivity index (χ4v) is 3.21. The summed E-state index contributed by atoms with van der Waals surface area (Å²) in [7, 11) is 0. The van der Waals surface area contributed by atoms with Crippen molar-refractivity contribution >= 4 is 23.3 Å². The molecule has 26 heavy (non-hydrogen) atoms. The highest BCUT2D eigenvalue weighted by atomic mass is 32.1. The number of hydrogen-bond donors (Lipinski definition) is 1. The number of aryl methyl sites for hydroxylation is 1. The van der Waals surface area contributed by atoms with E-state index in [1.807, 2.05) is 6.92 Å². The number of hydrogen-bond acceptors (Lipinski definition) is 3. The van der Waals surface area contributed by atoms with Crippen LogP contribution in [0, 0.1) is 11.7 Å². The monoisotopic (exact) mass is 379 g/mol. The highest BCUT2D eigenvalue weighted by Crippen LogP contribution is 2.36. The molecule has 0 atom stereocenters. The fraction of sp³-hybridized carbons (Fsp3) is 0.278. The smallest absolute Gasteiger partial charge is 0.300 e. The molecule has 0 fully saturated rings. The Kier molecular flexibility index (Phi) is 4.47. The van der Waals surface area contributed by atoms with Crippen LogP contribution < -0.4 is 5.56 Å². The summed E-state index contributed by atoms with van der Waals surface area (Å²) in [4.78, 5) is 19.0. The van der Waals surface area contributed by atoms with Gasteiger partial charge in [-0.3, -0.25) is 14.3 Å². The van der Waals surface area contributed by atoms with Gasteiger partial charge in [0.05, 0.1) is 16.6 Å². The number of alkyl halides is 3. The minimum atomic E-state index is -4.70. The maximum absolute atomic E-state index is 13.7. The van der Waals surface area contributed by atoms with Crippen LogP contribution in [0.1, 0.15) is 31.0 Å². The second kappa shape index (κ2) is 6.35. The number of fused-ring (bicyclic) bond motifs is 1. The Labute approximate surface area is 152 Å². The minimum Gasteiger partial charge on any atom is -0.300 e. The molecule has 4 nitrogen and oxygen atoms in total. The van der Waals surface area contributed by atoms with Gasteiger partial charge in [0, 0.05) is 11.6 Å². The fourth-order valence-electron chi connectivity index (χ4n) is 2.82. The Morgan fingerprint density at radius 3 is 2.35 bits per heavy atom. The van der Waals surface area contributed by atoms with Gasteiger partial charge < -0.3 is 0 Å². The molecule has 1 N–H and O–H groups in total. The van der Waals surface area contributed by atoms with Gasteiger partial charge in [-0.2, -0.15) is 13.2 Å². The summed E-state index contributed by atoms with van der Waals surface area (Å²) in [5.41, 5.74) is -0.337. The third-order valence-electron chi connectivity index (χ3n) is 4.06. The first-order chi connectivity index (χ1) is 12.1. The molecule has 0 aliphatic heterocycles. The molecule has 0 aliphatic rings. The number of aromatic amines is 1. The molecule has 0 radical (unpaired) electrons. The predicted molar refractivity (Wildman–Crippen MR) is 96.7 cm³/mol. The largest absolute Gasteiger partial charge is 0.417 e. The maximum Gasteiger partial charge on any atom is 0.417 e. The van der Waals surface area contributed by atoms with Gasteiger partial charge in [0.15, 0.2) is 4.77 Å². The van der Waals surface area contributed by atoms with E-state index in [2.05, 4.69) is 9.97 Å². The first-order valence-corrected chi connectivity index (χ1v) is 8.34. The third kappa shape index (κ3) is 3.16. The Morgan fingerprint density at radius 1 is 1.19 bits per heavy atom. The Balaban J connectivity index is 2.50. The van der Waals surface area contributed by atoms with Gasteiger partial charge in [0.1, 0.15) is 5.65 Å². The normalized spacial score (nSPS) is 12.1. The number of halogens is 3. The van der Waals surface area contributed by atoms with E-state index >= 15 is 0 Å². The van der Waals surface area contributed by atoms with Crippen molar-refractivity contribution in [3.63, 3.8) is 0 Å². The molecule has 0 saturated carbocycles. The predicted octanol–water partition coefficient (Wildman–Crippen LogP) is 5.03. The molecule has 0 amide bonds. The van der Waals surface area contributed by atoms with Crippen LogP contribution in [0.4, 0.5) is 13.2 Å². The molecule has 1 aromatic carbocycles. The maximum atomic E-state index is 13.7. The van der Waals surface area contributed by atoms with Crippen molar-refractivity contribution in [1.29, 1.82) is 0 Å². The molecule has 136 valence electrons. The number of nitrogens with zero attached hydrogens (tertiary/aromatic N) is 2. The van der Waals surface area contributed by atoms with Crippen LogP contribution in [0.15, 0.2) is 35.1 Å². The zero-order chi connectivity index (χ0) is 19.2. The van der Waals surface area contributed by atoms with Crippen molar-refractivity contribution < 1.29 is 13.2 Å². The lowest BCUT2D eigenvalue weighted by molar-refractivity contribution is -0.136. The second-order valence-corrected chi connectivity index (χ2v) is 6.73. The average molecular weight is 379 g/mol. The zero-order valence-electron chi connectivity index (χ0n) is 14.3. The number of H-pyrrole nitrogens is 1. The summed E-state index contributed by atoms with van der Waals surface area (Å²) in [5.74, 6) is 0. The molecule has 3 aromatic rings. The molecule has 0 spiro atoms. The lowest BCUT2D eigenvalue weighted by atomic mass is 10.0. The van der Waals surface area contributed by atoms with Crippen molar-refractivity contribution in [1.82, 2.24) is 14.5 Å². The van der Waals surface area contributed by atoms with Crippen LogP contribution >= 0.6 is 12.2 Å². The third-order valence-corrected chi connectivity index (χ3v) is 4.36. The van der Waals surface area contributed by atoms with Gasteiger partial charge in [-0.1, -0.05) is 29.8 Å². The summed E-state index contributed by atoms with van der Waals surface area (Å²) in [6.07, 6.45) is -4.70. The Morgan fingerprint density at radius 2 is 1.81 bits per heavy atom. The van der Waals surface area contributed by atoms with Gasteiger partial charge in [0.25, 0.3) is 5.56 Å². The van der Waals surface area contributed by atoms with Crippen LogP contribution in [0.5, 0.6) is 0 Å². The van der Waals surface area contributed by atoms with Gasteiger partial charge in [-0.25, -0.2) is 4.98 Å². The van der Waals surface area contributed by atoms with E-state index < -0.39 is 22.7 Å². The molecule has 8 heteroatoms. The highest BCUT2D eigenvalue weighted by Gasteiger charge is 2.35. The summed E-state index contributed by atoms with van der Waals surface area (Å²) < 4.78 is 42.5. The molecule has 0 bridgehead atoms. The van der Waals surface area contributed by atoms with Gasteiger partial charge >= 0.3 is 6.18 Å². The van der Waals surface area contributed by atoms with E-state index in [1.165, 1.54) is 4.57 Å². The number of benzene rings is 1. The van der Waals surface area contributed by atoms with Gasteiger partial charge in [0.2, 0.25) is 0 Å². The first-order valence-electron chi connectivity index (χ1n) is 7.93. The molecule has 3 rings (SSSR count). The topological polar surface area (TPSA) is 50.7 Å². The highest BCUT2D eigenvalue weighted by molar-refractivity contribution is 7.71. The average Bonchev–Trinajstić information content (AvgIpc) is 2.53. The molecular formula is C18H16F3N3OS. The number of nitrogens with one attached hydrogen (secondary N) is 1. The van der Waals surface area contributed by atoms with Crippen molar-refractivity contribution in [2.45, 2.75) is 33.0 Å². The molecular weight excluding hydrogens is 363 g/mol. The Hall–Kier alpha value is -2.48. The van der Waals surface area contributed by atoms with Crippen molar-refractivity contribution in [2.24, 2.45) is 0 Å². The van der Waals surface area contributed by atoms with E-state index in [0.717, 1.165) is 11.6 Å². The SMILES string of the molecule is Cc1ccc(-c2cc(C(F)(F)F)c3c(=O)[nH]c(=S)n(C(C)C)c3n2)cc1. The summed E-state index contributed by atoms with van der Waals surface area (Å²) >= 11 is 5.14. The lowest BCUT2D eigenvalue weighted by Gasteiger charge is -2.18. The van der Waals surface area contributed by atoms with Crippen LogP contribution in [-0.2, 0) is 6.18 Å². The van der Waals surface area contributed by atoms with Crippen molar-refractivity contribution in [2.75, 3.05) is 0 Å². The molecule has 0 saturated heterocycles. The summed E-state index contributed by atoms with van der Waals surface area (Å²) in [6.45, 7) is 5.41. The first kappa shape index (κ1) is 18.3. The standard InChI is InChI=1S/C18H16F3N3OS/c1-9(2)24-15-14(16(25)23-17(24)26)12(18(19,20)21)8-13(22-15)11-6-4-10(3)5-7-11/h4-9H,1-3H3,(H,23,25,26). The van der Waals surface area contributed by atoms with Crippen LogP contribution in [-0.4, -0.2) is 14.5 Å². The van der Waals surface area contributed by atoms with Crippen LogP contribution in [0.25, 0.3) is 22.3 Å². The Bertz CT molecular complexity index is 1100.